The Labute approximate surface area is 129 Å². The molecule has 3 atom stereocenters. The topological polar surface area (TPSA) is 39.1 Å². The van der Waals surface area contributed by atoms with Crippen LogP contribution in [-0.2, 0) is 11.3 Å². The number of ether oxygens (including phenoxy) is 1. The van der Waals surface area contributed by atoms with Gasteiger partial charge in [0.25, 0.3) is 0 Å². The van der Waals surface area contributed by atoms with E-state index in [1.54, 1.807) is 7.11 Å². The second-order valence-corrected chi connectivity index (χ2v) is 6.82. The van der Waals surface area contributed by atoms with E-state index in [-0.39, 0.29) is 0 Å². The fourth-order valence-electron chi connectivity index (χ4n) is 4.04. The van der Waals surface area contributed by atoms with Crippen LogP contribution in [0.5, 0.6) is 0 Å². The van der Waals surface area contributed by atoms with Crippen LogP contribution in [0, 0.1) is 17.8 Å². The Balaban J connectivity index is 1.82. The molecule has 1 aromatic rings. The highest BCUT2D eigenvalue weighted by molar-refractivity contribution is 9.10. The fraction of sp³-hybridized carbons (Fsp3) is 0.800. The van der Waals surface area contributed by atoms with Crippen LogP contribution < -0.4 is 5.32 Å². The molecular weight excluding hydrogens is 318 g/mol. The molecule has 2 fully saturated rings. The number of nitrogens with zero attached hydrogens (tertiary/aromatic N) is 2. The Morgan fingerprint density at radius 3 is 2.90 bits per heavy atom. The standard InChI is InChI=1S/C15H24BrN3O/c1-3-17-14(13-10-5-4-6-11(10)13)15-12(16)9-18-19(15)7-8-20-2/h9-11,13-14,17H,3-8H2,1-2H3. The lowest BCUT2D eigenvalue weighted by Crippen LogP contribution is -2.28. The lowest BCUT2D eigenvalue weighted by Gasteiger charge is -2.22. The Hall–Kier alpha value is -0.390. The first kappa shape index (κ1) is 14.5. The number of rotatable bonds is 7. The molecule has 0 spiro atoms. The maximum absolute atomic E-state index is 5.20. The maximum atomic E-state index is 5.20. The smallest absolute Gasteiger partial charge is 0.0699 e. The maximum Gasteiger partial charge on any atom is 0.0699 e. The second kappa shape index (κ2) is 6.16. The molecule has 0 aromatic carbocycles. The van der Waals surface area contributed by atoms with E-state index in [1.165, 1.54) is 25.0 Å². The van der Waals surface area contributed by atoms with Gasteiger partial charge >= 0.3 is 0 Å². The van der Waals surface area contributed by atoms with Gasteiger partial charge in [0, 0.05) is 7.11 Å². The molecule has 0 amide bonds. The summed E-state index contributed by atoms with van der Waals surface area (Å²) in [6.07, 6.45) is 6.18. The van der Waals surface area contributed by atoms with Gasteiger partial charge < -0.3 is 10.1 Å². The van der Waals surface area contributed by atoms with Gasteiger partial charge in [-0.3, -0.25) is 4.68 Å². The summed E-state index contributed by atoms with van der Waals surface area (Å²) in [5.41, 5.74) is 1.31. The van der Waals surface area contributed by atoms with Crippen LogP contribution in [-0.4, -0.2) is 30.0 Å². The minimum absolute atomic E-state index is 0.434. The Kier molecular flexibility index (Phi) is 4.48. The van der Waals surface area contributed by atoms with Crippen molar-refractivity contribution in [3.05, 3.63) is 16.4 Å². The lowest BCUT2D eigenvalue weighted by atomic mass is 10.0. The summed E-state index contributed by atoms with van der Waals surface area (Å²) in [5, 5.41) is 8.21. The van der Waals surface area contributed by atoms with E-state index in [0.29, 0.717) is 12.6 Å². The summed E-state index contributed by atoms with van der Waals surface area (Å²) < 4.78 is 8.44. The normalized spacial score (nSPS) is 29.4. The van der Waals surface area contributed by atoms with Crippen LogP contribution in [0.25, 0.3) is 0 Å². The first-order valence-corrected chi connectivity index (χ1v) is 8.50. The van der Waals surface area contributed by atoms with Gasteiger partial charge in [0.05, 0.1) is 35.6 Å². The van der Waals surface area contributed by atoms with Crippen molar-refractivity contribution in [1.82, 2.24) is 15.1 Å². The van der Waals surface area contributed by atoms with Gasteiger partial charge in [-0.05, 0) is 53.1 Å². The number of fused-ring (bicyclic) bond motifs is 1. The minimum atomic E-state index is 0.434. The van der Waals surface area contributed by atoms with Crippen LogP contribution in [0.3, 0.4) is 0 Å². The number of halogens is 1. The van der Waals surface area contributed by atoms with E-state index in [0.717, 1.165) is 35.3 Å². The summed E-state index contributed by atoms with van der Waals surface area (Å²) >= 11 is 3.69. The summed E-state index contributed by atoms with van der Waals surface area (Å²) in [6, 6.07) is 0.434. The van der Waals surface area contributed by atoms with Crippen LogP contribution in [0.2, 0.25) is 0 Å². The van der Waals surface area contributed by atoms with Crippen LogP contribution in [0.15, 0.2) is 10.7 Å². The zero-order chi connectivity index (χ0) is 14.1. The van der Waals surface area contributed by atoms with Gasteiger partial charge in [0.15, 0.2) is 0 Å². The van der Waals surface area contributed by atoms with E-state index in [9.17, 15) is 0 Å². The zero-order valence-corrected chi connectivity index (χ0v) is 13.9. The quantitative estimate of drug-likeness (QED) is 0.828. The van der Waals surface area contributed by atoms with Gasteiger partial charge in [0.1, 0.15) is 0 Å². The molecule has 1 N–H and O–H groups in total. The van der Waals surface area contributed by atoms with E-state index >= 15 is 0 Å². The number of aromatic nitrogens is 2. The summed E-state index contributed by atoms with van der Waals surface area (Å²) in [6.45, 7) is 4.72. The minimum Gasteiger partial charge on any atom is -0.383 e. The van der Waals surface area contributed by atoms with Crippen molar-refractivity contribution in [1.29, 1.82) is 0 Å². The van der Waals surface area contributed by atoms with Crippen LogP contribution in [0.4, 0.5) is 0 Å². The zero-order valence-electron chi connectivity index (χ0n) is 12.3. The van der Waals surface area contributed by atoms with Crippen molar-refractivity contribution < 1.29 is 4.74 Å². The largest absolute Gasteiger partial charge is 0.383 e. The predicted molar refractivity (Wildman–Crippen MR) is 82.5 cm³/mol. The molecule has 20 heavy (non-hydrogen) atoms. The average molecular weight is 342 g/mol. The van der Waals surface area contributed by atoms with Crippen LogP contribution >= 0.6 is 15.9 Å². The van der Waals surface area contributed by atoms with Crippen molar-refractivity contribution in [2.75, 3.05) is 20.3 Å². The Morgan fingerprint density at radius 2 is 2.25 bits per heavy atom. The molecule has 2 aliphatic carbocycles. The highest BCUT2D eigenvalue weighted by Gasteiger charge is 2.56. The predicted octanol–water partition coefficient (Wildman–Crippen LogP) is 2.99. The third-order valence-corrected chi connectivity index (χ3v) is 5.53. The molecule has 2 aliphatic rings. The number of hydrogen-bond donors (Lipinski definition) is 1. The van der Waals surface area contributed by atoms with E-state index in [2.05, 4.69) is 38.0 Å². The molecule has 0 saturated heterocycles. The van der Waals surface area contributed by atoms with Crippen LogP contribution in [0.1, 0.15) is 37.9 Å². The van der Waals surface area contributed by atoms with Crippen molar-refractivity contribution >= 4 is 15.9 Å². The van der Waals surface area contributed by atoms with Crippen molar-refractivity contribution in [2.24, 2.45) is 17.8 Å². The Morgan fingerprint density at radius 1 is 1.50 bits per heavy atom. The third-order valence-electron chi connectivity index (χ3n) is 4.92. The van der Waals surface area contributed by atoms with Crippen molar-refractivity contribution in [3.8, 4) is 0 Å². The molecule has 2 saturated carbocycles. The molecule has 1 heterocycles. The highest BCUT2D eigenvalue weighted by Crippen LogP contribution is 2.62. The lowest BCUT2D eigenvalue weighted by molar-refractivity contribution is 0.181. The third kappa shape index (κ3) is 2.55. The van der Waals surface area contributed by atoms with Crippen molar-refractivity contribution in [3.63, 3.8) is 0 Å². The fourth-order valence-corrected chi connectivity index (χ4v) is 4.59. The first-order valence-electron chi connectivity index (χ1n) is 7.71. The molecule has 112 valence electrons. The monoisotopic (exact) mass is 341 g/mol. The van der Waals surface area contributed by atoms with Gasteiger partial charge in [-0.25, -0.2) is 0 Å². The number of methoxy groups -OCH3 is 1. The molecule has 0 bridgehead atoms. The molecule has 1 aromatic heterocycles. The molecule has 3 unspecified atom stereocenters. The van der Waals surface area contributed by atoms with Gasteiger partial charge in [-0.2, -0.15) is 5.10 Å². The van der Waals surface area contributed by atoms with E-state index < -0.39 is 0 Å². The second-order valence-electron chi connectivity index (χ2n) is 5.97. The van der Waals surface area contributed by atoms with E-state index in [1.807, 2.05) is 6.20 Å². The molecule has 0 aliphatic heterocycles. The first-order chi connectivity index (χ1) is 9.77. The molecular formula is C15H24BrN3O. The van der Waals surface area contributed by atoms with Gasteiger partial charge in [-0.15, -0.1) is 0 Å². The van der Waals surface area contributed by atoms with Gasteiger partial charge in [0.2, 0.25) is 0 Å². The van der Waals surface area contributed by atoms with Gasteiger partial charge in [-0.1, -0.05) is 13.3 Å². The molecule has 0 radical (unpaired) electrons. The molecule has 4 nitrogen and oxygen atoms in total. The van der Waals surface area contributed by atoms with Crippen molar-refractivity contribution in [2.45, 2.75) is 38.8 Å². The summed E-state index contributed by atoms with van der Waals surface area (Å²) in [4.78, 5) is 0. The summed E-state index contributed by atoms with van der Waals surface area (Å²) in [5.74, 6) is 2.69. The number of nitrogens with one attached hydrogen (secondary N) is 1. The average Bonchev–Trinajstić information content (AvgIpc) is 2.78. The highest BCUT2D eigenvalue weighted by atomic mass is 79.9. The molecule has 5 heteroatoms. The SMILES string of the molecule is CCNC(c1c(Br)cnn1CCOC)C1C2CCCC21. The summed E-state index contributed by atoms with van der Waals surface area (Å²) in [7, 11) is 1.74. The van der Waals surface area contributed by atoms with E-state index in [4.69, 9.17) is 4.74 Å². The molecule has 3 rings (SSSR count). The number of hydrogen-bond acceptors (Lipinski definition) is 3. The Bertz CT molecular complexity index is 452.